The van der Waals surface area contributed by atoms with Crippen molar-refractivity contribution in [2.24, 2.45) is 0 Å². The maximum Gasteiger partial charge on any atom is 0.240 e. The van der Waals surface area contributed by atoms with E-state index in [-0.39, 0.29) is 22.3 Å². The van der Waals surface area contributed by atoms with Gasteiger partial charge in [0.1, 0.15) is 0 Å². The van der Waals surface area contributed by atoms with Gasteiger partial charge in [0.15, 0.2) is 9.84 Å². The van der Waals surface area contributed by atoms with Crippen LogP contribution in [0.3, 0.4) is 0 Å². The Morgan fingerprint density at radius 2 is 1.14 bits per heavy atom. The molecule has 0 saturated carbocycles. The topological polar surface area (TPSA) is 80.3 Å². The molecule has 0 radical (unpaired) electrons. The molecule has 0 aliphatic carbocycles. The van der Waals surface area contributed by atoms with Gasteiger partial charge in [0.2, 0.25) is 10.0 Å². The standard InChI is InChI=1S/C22H23NO4S2/c1-28(24,25)20-12-14-21(15-13-20)29(26,27)23-17-16-22(18-8-4-2-5-9-18)19-10-6-3-7-11-19/h2-15,22-23H,16-17H2,1H3. The van der Waals surface area contributed by atoms with E-state index >= 15 is 0 Å². The zero-order valence-corrected chi connectivity index (χ0v) is 17.7. The van der Waals surface area contributed by atoms with Gasteiger partial charge in [-0.3, -0.25) is 0 Å². The molecule has 152 valence electrons. The molecule has 0 aromatic heterocycles. The monoisotopic (exact) mass is 429 g/mol. The molecule has 3 aromatic rings. The molecule has 1 N–H and O–H groups in total. The Bertz CT molecular complexity index is 1100. The number of rotatable bonds is 8. The largest absolute Gasteiger partial charge is 0.240 e. The molecule has 0 atom stereocenters. The van der Waals surface area contributed by atoms with Crippen LogP contribution >= 0.6 is 0 Å². The molecular weight excluding hydrogens is 406 g/mol. The minimum absolute atomic E-state index is 0.0425. The smallest absolute Gasteiger partial charge is 0.224 e. The van der Waals surface area contributed by atoms with E-state index in [4.69, 9.17) is 0 Å². The number of sulfone groups is 1. The Kier molecular flexibility index (Phi) is 6.52. The Morgan fingerprint density at radius 1 is 0.690 bits per heavy atom. The number of sulfonamides is 1. The van der Waals surface area contributed by atoms with Crippen molar-refractivity contribution in [2.75, 3.05) is 12.8 Å². The highest BCUT2D eigenvalue weighted by molar-refractivity contribution is 7.90. The van der Waals surface area contributed by atoms with E-state index in [0.29, 0.717) is 6.42 Å². The van der Waals surface area contributed by atoms with Gasteiger partial charge in [0.05, 0.1) is 9.79 Å². The molecule has 0 unspecified atom stereocenters. The number of hydrogen-bond acceptors (Lipinski definition) is 4. The summed E-state index contributed by atoms with van der Waals surface area (Å²) in [5.41, 5.74) is 2.24. The Hall–Kier alpha value is -2.48. The van der Waals surface area contributed by atoms with Gasteiger partial charge < -0.3 is 0 Å². The van der Waals surface area contributed by atoms with Crippen molar-refractivity contribution in [3.63, 3.8) is 0 Å². The highest BCUT2D eigenvalue weighted by atomic mass is 32.2. The molecule has 0 heterocycles. The van der Waals surface area contributed by atoms with E-state index < -0.39 is 19.9 Å². The minimum atomic E-state index is -3.73. The first-order chi connectivity index (χ1) is 13.8. The van der Waals surface area contributed by atoms with Crippen LogP contribution < -0.4 is 4.72 Å². The summed E-state index contributed by atoms with van der Waals surface area (Å²) in [6.45, 7) is 0.255. The molecule has 29 heavy (non-hydrogen) atoms. The second kappa shape index (κ2) is 8.90. The van der Waals surface area contributed by atoms with Gasteiger partial charge >= 0.3 is 0 Å². The van der Waals surface area contributed by atoms with E-state index in [1.54, 1.807) is 0 Å². The molecule has 7 heteroatoms. The van der Waals surface area contributed by atoms with E-state index in [9.17, 15) is 16.8 Å². The molecule has 0 spiro atoms. The minimum Gasteiger partial charge on any atom is -0.224 e. The van der Waals surface area contributed by atoms with Crippen LogP contribution in [0.1, 0.15) is 23.5 Å². The van der Waals surface area contributed by atoms with Crippen molar-refractivity contribution < 1.29 is 16.8 Å². The van der Waals surface area contributed by atoms with Gasteiger partial charge in [0.25, 0.3) is 0 Å². The third kappa shape index (κ3) is 5.53. The second-order valence-electron chi connectivity index (χ2n) is 6.80. The van der Waals surface area contributed by atoms with Crippen LogP contribution in [0.25, 0.3) is 0 Å². The third-order valence-corrected chi connectivity index (χ3v) is 7.30. The second-order valence-corrected chi connectivity index (χ2v) is 10.6. The molecule has 0 saturated heterocycles. The van der Waals surface area contributed by atoms with Crippen LogP contribution in [-0.4, -0.2) is 29.6 Å². The third-order valence-electron chi connectivity index (χ3n) is 4.69. The van der Waals surface area contributed by atoms with Crippen LogP contribution in [0.15, 0.2) is 94.7 Å². The molecule has 0 amide bonds. The summed E-state index contributed by atoms with van der Waals surface area (Å²) in [4.78, 5) is 0.130. The summed E-state index contributed by atoms with van der Waals surface area (Å²) < 4.78 is 50.9. The fourth-order valence-corrected chi connectivity index (χ4v) is 4.86. The fraction of sp³-hybridized carbons (Fsp3) is 0.182. The van der Waals surface area contributed by atoms with Gasteiger partial charge in [-0.2, -0.15) is 0 Å². The summed E-state index contributed by atoms with van der Waals surface area (Å²) in [5.74, 6) is 0.0627. The zero-order valence-electron chi connectivity index (χ0n) is 16.0. The lowest BCUT2D eigenvalue weighted by atomic mass is 9.89. The van der Waals surface area contributed by atoms with Crippen molar-refractivity contribution in [1.82, 2.24) is 4.72 Å². The number of hydrogen-bond donors (Lipinski definition) is 1. The van der Waals surface area contributed by atoms with Crippen LogP contribution in [-0.2, 0) is 19.9 Å². The van der Waals surface area contributed by atoms with E-state index in [1.165, 1.54) is 24.3 Å². The normalized spacial score (nSPS) is 12.2. The molecule has 0 fully saturated rings. The molecular formula is C22H23NO4S2. The summed E-state index contributed by atoms with van der Waals surface area (Å²) in [6.07, 6.45) is 1.68. The van der Waals surface area contributed by atoms with Gasteiger partial charge in [-0.25, -0.2) is 21.6 Å². The predicted molar refractivity (Wildman–Crippen MR) is 114 cm³/mol. The van der Waals surface area contributed by atoms with Crippen molar-refractivity contribution in [1.29, 1.82) is 0 Å². The van der Waals surface area contributed by atoms with Crippen molar-refractivity contribution >= 4 is 19.9 Å². The highest BCUT2D eigenvalue weighted by Gasteiger charge is 2.18. The zero-order chi connectivity index (χ0) is 20.9. The van der Waals surface area contributed by atoms with Crippen molar-refractivity contribution in [2.45, 2.75) is 22.1 Å². The van der Waals surface area contributed by atoms with Gasteiger partial charge in [-0.05, 0) is 41.8 Å². The van der Waals surface area contributed by atoms with Gasteiger partial charge in [0, 0.05) is 18.7 Å². The van der Waals surface area contributed by atoms with Crippen molar-refractivity contribution in [3.8, 4) is 0 Å². The number of benzene rings is 3. The maximum atomic E-state index is 12.6. The molecule has 0 bridgehead atoms. The predicted octanol–water partition coefficient (Wildman–Crippen LogP) is 3.59. The van der Waals surface area contributed by atoms with E-state index in [1.807, 2.05) is 60.7 Å². The highest BCUT2D eigenvalue weighted by Crippen LogP contribution is 2.27. The first-order valence-electron chi connectivity index (χ1n) is 9.17. The quantitative estimate of drug-likeness (QED) is 0.593. The lowest BCUT2D eigenvalue weighted by Crippen LogP contribution is -2.26. The Morgan fingerprint density at radius 3 is 1.59 bits per heavy atom. The van der Waals surface area contributed by atoms with E-state index in [0.717, 1.165) is 17.4 Å². The number of nitrogens with one attached hydrogen (secondary N) is 1. The summed E-state index contributed by atoms with van der Waals surface area (Å²) in [5, 5.41) is 0. The fourth-order valence-electron chi connectivity index (χ4n) is 3.18. The van der Waals surface area contributed by atoms with Crippen LogP contribution in [0.4, 0.5) is 0 Å². The van der Waals surface area contributed by atoms with E-state index in [2.05, 4.69) is 4.72 Å². The average molecular weight is 430 g/mol. The summed E-state index contributed by atoms with van der Waals surface area (Å²) >= 11 is 0. The Labute approximate surface area is 172 Å². The Balaban J connectivity index is 1.73. The van der Waals surface area contributed by atoms with Gasteiger partial charge in [-0.15, -0.1) is 0 Å². The molecule has 0 aliphatic heterocycles. The van der Waals surface area contributed by atoms with Crippen LogP contribution in [0.5, 0.6) is 0 Å². The lowest BCUT2D eigenvalue weighted by Gasteiger charge is -2.18. The van der Waals surface area contributed by atoms with Crippen LogP contribution in [0, 0.1) is 0 Å². The summed E-state index contributed by atoms with van der Waals surface area (Å²) in [6, 6.07) is 25.2. The lowest BCUT2D eigenvalue weighted by molar-refractivity contribution is 0.574. The molecule has 0 aliphatic rings. The van der Waals surface area contributed by atoms with Crippen molar-refractivity contribution in [3.05, 3.63) is 96.1 Å². The SMILES string of the molecule is CS(=O)(=O)c1ccc(S(=O)(=O)NCCC(c2ccccc2)c2ccccc2)cc1. The summed E-state index contributed by atoms with van der Waals surface area (Å²) in [7, 11) is -7.10. The van der Waals surface area contributed by atoms with Gasteiger partial charge in [-0.1, -0.05) is 60.7 Å². The molecule has 3 aromatic carbocycles. The first-order valence-corrected chi connectivity index (χ1v) is 12.5. The van der Waals surface area contributed by atoms with Crippen LogP contribution in [0.2, 0.25) is 0 Å². The molecule has 5 nitrogen and oxygen atoms in total. The maximum absolute atomic E-state index is 12.6. The molecule has 3 rings (SSSR count). The first kappa shape index (κ1) is 21.2. The average Bonchev–Trinajstić information content (AvgIpc) is 2.72.